The van der Waals surface area contributed by atoms with Crippen LogP contribution in [0.25, 0.3) is 5.69 Å². The number of carboxylic acid groups (broad SMARTS) is 1. The normalized spacial score (nSPS) is 10.7. The fourth-order valence-corrected chi connectivity index (χ4v) is 2.27. The molecular weight excluding hydrogens is 226 g/mol. The molecular formula is C15H17NO2. The summed E-state index contributed by atoms with van der Waals surface area (Å²) >= 11 is 0. The van der Waals surface area contributed by atoms with Gasteiger partial charge in [0.05, 0.1) is 5.56 Å². The van der Waals surface area contributed by atoms with Crippen molar-refractivity contribution in [2.75, 3.05) is 0 Å². The Kier molecular flexibility index (Phi) is 2.99. The van der Waals surface area contributed by atoms with Crippen LogP contribution >= 0.6 is 0 Å². The predicted octanol–water partition coefficient (Wildman–Crippen LogP) is 3.41. The van der Waals surface area contributed by atoms with E-state index >= 15 is 0 Å². The molecule has 0 unspecified atom stereocenters. The van der Waals surface area contributed by atoms with E-state index in [2.05, 4.69) is 4.57 Å². The molecule has 0 aliphatic carbocycles. The number of aromatic carboxylic acids is 1. The molecule has 0 aliphatic rings. The molecule has 94 valence electrons. The predicted molar refractivity (Wildman–Crippen MR) is 71.7 cm³/mol. The van der Waals surface area contributed by atoms with Crippen molar-refractivity contribution in [3.05, 3.63) is 52.3 Å². The van der Waals surface area contributed by atoms with Crippen molar-refractivity contribution in [3.8, 4) is 5.69 Å². The van der Waals surface area contributed by atoms with E-state index in [9.17, 15) is 9.90 Å². The zero-order valence-corrected chi connectivity index (χ0v) is 11.1. The topological polar surface area (TPSA) is 42.2 Å². The highest BCUT2D eigenvalue weighted by atomic mass is 16.4. The lowest BCUT2D eigenvalue weighted by Gasteiger charge is -2.13. The van der Waals surface area contributed by atoms with Crippen molar-refractivity contribution >= 4 is 5.97 Å². The van der Waals surface area contributed by atoms with Gasteiger partial charge in [0.25, 0.3) is 0 Å². The van der Waals surface area contributed by atoms with Gasteiger partial charge in [-0.1, -0.05) is 0 Å². The van der Waals surface area contributed by atoms with E-state index in [1.165, 1.54) is 0 Å². The maximum atomic E-state index is 11.3. The van der Waals surface area contributed by atoms with Crippen molar-refractivity contribution in [2.45, 2.75) is 27.7 Å². The summed E-state index contributed by atoms with van der Waals surface area (Å²) in [6.07, 6.45) is 0. The molecule has 0 bridgehead atoms. The lowest BCUT2D eigenvalue weighted by Crippen LogP contribution is -2.06. The minimum Gasteiger partial charge on any atom is -0.478 e. The van der Waals surface area contributed by atoms with Crippen LogP contribution in [-0.4, -0.2) is 15.6 Å². The van der Waals surface area contributed by atoms with Crippen LogP contribution in [0.15, 0.2) is 24.3 Å². The van der Waals surface area contributed by atoms with Crippen molar-refractivity contribution < 1.29 is 9.90 Å². The van der Waals surface area contributed by atoms with Gasteiger partial charge in [0.1, 0.15) is 0 Å². The standard InChI is InChI=1S/C15H17NO2/c1-9-7-13(8-14(12(9)4)15(17)18)16-10(2)5-6-11(16)3/h5-8H,1-4H3,(H,17,18). The fourth-order valence-electron chi connectivity index (χ4n) is 2.27. The molecule has 1 heterocycles. The summed E-state index contributed by atoms with van der Waals surface area (Å²) in [4.78, 5) is 11.3. The van der Waals surface area contributed by atoms with Gasteiger partial charge in [0.2, 0.25) is 0 Å². The van der Waals surface area contributed by atoms with Gasteiger partial charge in [-0.15, -0.1) is 0 Å². The molecule has 3 heteroatoms. The van der Waals surface area contributed by atoms with Crippen molar-refractivity contribution in [3.63, 3.8) is 0 Å². The molecule has 1 aromatic heterocycles. The lowest BCUT2D eigenvalue weighted by molar-refractivity contribution is 0.0696. The van der Waals surface area contributed by atoms with Gasteiger partial charge in [0, 0.05) is 17.1 Å². The Labute approximate surface area is 107 Å². The largest absolute Gasteiger partial charge is 0.478 e. The van der Waals surface area contributed by atoms with Crippen molar-refractivity contribution in [2.24, 2.45) is 0 Å². The second-order valence-electron chi connectivity index (χ2n) is 4.69. The number of hydrogen-bond acceptors (Lipinski definition) is 1. The van der Waals surface area contributed by atoms with Gasteiger partial charge in [-0.25, -0.2) is 4.79 Å². The quantitative estimate of drug-likeness (QED) is 0.878. The van der Waals surface area contributed by atoms with Crippen LogP contribution in [-0.2, 0) is 0 Å². The first-order valence-electron chi connectivity index (χ1n) is 5.91. The SMILES string of the molecule is Cc1cc(-n2c(C)ccc2C)cc(C(=O)O)c1C. The monoisotopic (exact) mass is 243 g/mol. The molecule has 2 rings (SSSR count). The Morgan fingerprint density at radius 2 is 1.61 bits per heavy atom. The summed E-state index contributed by atoms with van der Waals surface area (Å²) in [7, 11) is 0. The smallest absolute Gasteiger partial charge is 0.336 e. The Hall–Kier alpha value is -2.03. The van der Waals surface area contributed by atoms with E-state index < -0.39 is 5.97 Å². The number of aryl methyl sites for hydroxylation is 3. The molecule has 0 aliphatic heterocycles. The van der Waals surface area contributed by atoms with Crippen molar-refractivity contribution in [1.29, 1.82) is 0 Å². The maximum Gasteiger partial charge on any atom is 0.336 e. The third-order valence-corrected chi connectivity index (χ3v) is 3.41. The van der Waals surface area contributed by atoms with E-state index in [0.717, 1.165) is 28.2 Å². The summed E-state index contributed by atoms with van der Waals surface area (Å²) in [5, 5.41) is 9.24. The lowest BCUT2D eigenvalue weighted by atomic mass is 10.0. The molecule has 2 aromatic rings. The first-order valence-corrected chi connectivity index (χ1v) is 5.91. The minimum atomic E-state index is -0.875. The summed E-state index contributed by atoms with van der Waals surface area (Å²) in [5.41, 5.74) is 5.32. The molecule has 0 fully saturated rings. The second kappa shape index (κ2) is 4.33. The fraction of sp³-hybridized carbons (Fsp3) is 0.267. The van der Waals surface area contributed by atoms with E-state index in [1.54, 1.807) is 6.07 Å². The van der Waals surface area contributed by atoms with Gasteiger partial charge in [-0.05, 0) is 63.1 Å². The van der Waals surface area contributed by atoms with Gasteiger partial charge >= 0.3 is 5.97 Å². The third kappa shape index (κ3) is 1.92. The summed E-state index contributed by atoms with van der Waals surface area (Å²) in [6, 6.07) is 7.84. The number of nitrogens with zero attached hydrogens (tertiary/aromatic N) is 1. The first-order chi connectivity index (χ1) is 8.41. The molecule has 0 saturated carbocycles. The highest BCUT2D eigenvalue weighted by Gasteiger charge is 2.13. The average molecular weight is 243 g/mol. The zero-order valence-electron chi connectivity index (χ0n) is 11.1. The van der Waals surface area contributed by atoms with E-state index in [0.29, 0.717) is 5.56 Å². The zero-order chi connectivity index (χ0) is 13.4. The maximum absolute atomic E-state index is 11.3. The molecule has 3 nitrogen and oxygen atoms in total. The molecule has 0 spiro atoms. The molecule has 18 heavy (non-hydrogen) atoms. The number of carbonyl (C=O) groups is 1. The van der Waals surface area contributed by atoms with Crippen LogP contribution in [0.5, 0.6) is 0 Å². The van der Waals surface area contributed by atoms with E-state index in [1.807, 2.05) is 45.9 Å². The summed E-state index contributed by atoms with van der Waals surface area (Å²) < 4.78 is 2.07. The highest BCUT2D eigenvalue weighted by molar-refractivity contribution is 5.90. The molecule has 0 atom stereocenters. The number of aromatic nitrogens is 1. The first kappa shape index (κ1) is 12.4. The number of carboxylic acids is 1. The average Bonchev–Trinajstić information content (AvgIpc) is 2.62. The molecule has 0 saturated heterocycles. The van der Waals surface area contributed by atoms with Crippen LogP contribution < -0.4 is 0 Å². The van der Waals surface area contributed by atoms with Crippen LogP contribution in [0.2, 0.25) is 0 Å². The number of hydrogen-bond donors (Lipinski definition) is 1. The van der Waals surface area contributed by atoms with Gasteiger partial charge in [0.15, 0.2) is 0 Å². The number of benzene rings is 1. The highest BCUT2D eigenvalue weighted by Crippen LogP contribution is 2.22. The van der Waals surface area contributed by atoms with Crippen LogP contribution in [0.1, 0.15) is 32.9 Å². The molecule has 1 N–H and O–H groups in total. The summed E-state index contributed by atoms with van der Waals surface area (Å²) in [5.74, 6) is -0.875. The van der Waals surface area contributed by atoms with Crippen LogP contribution in [0.3, 0.4) is 0 Å². The van der Waals surface area contributed by atoms with E-state index in [4.69, 9.17) is 0 Å². The van der Waals surface area contributed by atoms with Crippen LogP contribution in [0, 0.1) is 27.7 Å². The summed E-state index contributed by atoms with van der Waals surface area (Å²) in [6.45, 7) is 7.82. The number of rotatable bonds is 2. The molecule has 0 radical (unpaired) electrons. The molecule has 1 aromatic carbocycles. The van der Waals surface area contributed by atoms with E-state index in [-0.39, 0.29) is 0 Å². The Balaban J connectivity index is 2.71. The Bertz CT molecular complexity index is 604. The Morgan fingerprint density at radius 1 is 1.06 bits per heavy atom. The van der Waals surface area contributed by atoms with Crippen LogP contribution in [0.4, 0.5) is 0 Å². The van der Waals surface area contributed by atoms with Gasteiger partial charge in [-0.3, -0.25) is 0 Å². The van der Waals surface area contributed by atoms with Gasteiger partial charge in [-0.2, -0.15) is 0 Å². The second-order valence-corrected chi connectivity index (χ2v) is 4.69. The minimum absolute atomic E-state index is 0.373. The Morgan fingerprint density at radius 3 is 2.11 bits per heavy atom. The van der Waals surface area contributed by atoms with Gasteiger partial charge < -0.3 is 9.67 Å². The molecule has 0 amide bonds. The third-order valence-electron chi connectivity index (χ3n) is 3.41. The van der Waals surface area contributed by atoms with Crippen molar-refractivity contribution in [1.82, 2.24) is 4.57 Å².